The predicted octanol–water partition coefficient (Wildman–Crippen LogP) is -4.82. The summed E-state index contributed by atoms with van der Waals surface area (Å²) in [7, 11) is 1.57. The van der Waals surface area contributed by atoms with Crippen LogP contribution in [0.5, 0.6) is 0 Å². The van der Waals surface area contributed by atoms with E-state index in [0.717, 1.165) is 26.2 Å². The molecular formula is C16H22N6O7. The molecule has 5 N–H and O–H groups in total. The van der Waals surface area contributed by atoms with E-state index in [1.54, 1.807) is 11.6 Å². The van der Waals surface area contributed by atoms with Crippen molar-refractivity contribution >= 4 is 29.1 Å². The maximum Gasteiger partial charge on any atom is 0.329 e. The van der Waals surface area contributed by atoms with E-state index in [1.165, 1.54) is 4.57 Å². The largest absolute Gasteiger partial charge is 0.545 e. The van der Waals surface area contributed by atoms with Gasteiger partial charge in [0.15, 0.2) is 11.2 Å². The molecule has 0 atom stereocenters. The Kier molecular flexibility index (Phi) is 7.27. The second kappa shape index (κ2) is 9.66. The second-order valence-corrected chi connectivity index (χ2v) is 6.12. The number of anilines is 1. The molecular weight excluding hydrogens is 388 g/mol. The van der Waals surface area contributed by atoms with Crippen molar-refractivity contribution in [1.82, 2.24) is 19.1 Å². The van der Waals surface area contributed by atoms with Gasteiger partial charge in [-0.1, -0.05) is 0 Å². The summed E-state index contributed by atoms with van der Waals surface area (Å²) in [6, 6.07) is 0. The van der Waals surface area contributed by atoms with Crippen LogP contribution in [0.4, 0.5) is 5.95 Å². The molecule has 2 aromatic rings. The Hall–Kier alpha value is -3.45. The maximum absolute atomic E-state index is 12.1. The third-order valence-corrected chi connectivity index (χ3v) is 4.16. The lowest BCUT2D eigenvalue weighted by Crippen LogP contribution is -2.89. The number of quaternary nitrogens is 1. The Balaban J connectivity index is 0.000000321. The minimum Gasteiger partial charge on any atom is -0.545 e. The summed E-state index contributed by atoms with van der Waals surface area (Å²) < 4.78 is 3.02. The summed E-state index contributed by atoms with van der Waals surface area (Å²) in [5.41, 5.74) is -0.277. The van der Waals surface area contributed by atoms with Crippen molar-refractivity contribution in [2.45, 2.75) is 6.54 Å². The smallest absolute Gasteiger partial charge is 0.329 e. The zero-order valence-electron chi connectivity index (χ0n) is 15.7. The van der Waals surface area contributed by atoms with Crippen LogP contribution in [0.15, 0.2) is 21.7 Å². The lowest BCUT2D eigenvalue weighted by Gasteiger charge is -2.26. The van der Waals surface area contributed by atoms with E-state index in [-0.39, 0.29) is 13.2 Å². The van der Waals surface area contributed by atoms with Crippen molar-refractivity contribution in [3.8, 4) is 0 Å². The number of hydrogen-bond acceptors (Lipinski definition) is 8. The number of carboxylic acids is 2. The molecule has 0 saturated carbocycles. The van der Waals surface area contributed by atoms with Gasteiger partial charge in [-0.2, -0.15) is 4.98 Å². The quantitative estimate of drug-likeness (QED) is 0.350. The first kappa shape index (κ1) is 21.8. The van der Waals surface area contributed by atoms with Crippen LogP contribution in [-0.2, 0) is 23.2 Å². The molecule has 3 rings (SSSR count). The third kappa shape index (κ3) is 5.30. The Morgan fingerprint density at radius 1 is 1.28 bits per heavy atom. The average molecular weight is 410 g/mol. The SMILES string of the molecule is Cn1c(=O)[nH]c(=O)c2c1nc(N1CC[NH2+]CC1)n2CCO.O=C([O-])/C=C/C(=O)O. The van der Waals surface area contributed by atoms with Crippen LogP contribution >= 0.6 is 0 Å². The Bertz CT molecular complexity index is 1010. The molecule has 0 spiro atoms. The van der Waals surface area contributed by atoms with E-state index in [4.69, 9.17) is 5.11 Å². The van der Waals surface area contributed by atoms with Crippen LogP contribution in [0.1, 0.15) is 0 Å². The number of imidazole rings is 1. The number of aromatic nitrogens is 4. The van der Waals surface area contributed by atoms with Gasteiger partial charge in [0, 0.05) is 19.7 Å². The summed E-state index contributed by atoms with van der Waals surface area (Å²) in [5.74, 6) is -2.17. The van der Waals surface area contributed by atoms with Crippen LogP contribution in [0.2, 0.25) is 0 Å². The average Bonchev–Trinajstić information content (AvgIpc) is 3.06. The van der Waals surface area contributed by atoms with Crippen LogP contribution in [-0.4, -0.2) is 74.0 Å². The lowest BCUT2D eigenvalue weighted by atomic mass is 10.4. The van der Waals surface area contributed by atoms with Gasteiger partial charge in [0.05, 0.1) is 38.8 Å². The minimum atomic E-state index is -1.51. The number of aryl methyl sites for hydroxylation is 1. The van der Waals surface area contributed by atoms with E-state index in [0.29, 0.717) is 29.3 Å². The number of piperazine rings is 1. The molecule has 13 nitrogen and oxygen atoms in total. The van der Waals surface area contributed by atoms with Crippen molar-refractivity contribution in [1.29, 1.82) is 0 Å². The van der Waals surface area contributed by atoms with Crippen molar-refractivity contribution in [3.05, 3.63) is 33.0 Å². The highest BCUT2D eigenvalue weighted by Gasteiger charge is 2.23. The van der Waals surface area contributed by atoms with Crippen molar-refractivity contribution in [3.63, 3.8) is 0 Å². The molecule has 1 fully saturated rings. The van der Waals surface area contributed by atoms with Crippen LogP contribution in [0.25, 0.3) is 11.2 Å². The fraction of sp³-hybridized carbons (Fsp3) is 0.438. The van der Waals surface area contributed by atoms with Gasteiger partial charge in [0.25, 0.3) is 5.56 Å². The molecule has 0 amide bonds. The first-order valence-electron chi connectivity index (χ1n) is 8.75. The lowest BCUT2D eigenvalue weighted by molar-refractivity contribution is -0.655. The number of aliphatic carboxylic acids is 2. The molecule has 0 bridgehead atoms. The number of nitrogens with zero attached hydrogens (tertiary/aromatic N) is 4. The number of carbonyl (C=O) groups excluding carboxylic acids is 1. The normalized spacial score (nSPS) is 14.1. The summed E-state index contributed by atoms with van der Waals surface area (Å²) in [6.45, 7) is 3.73. The number of hydrogen-bond donors (Lipinski definition) is 4. The summed E-state index contributed by atoms with van der Waals surface area (Å²) >= 11 is 0. The first-order chi connectivity index (χ1) is 13.8. The summed E-state index contributed by atoms with van der Waals surface area (Å²) in [5, 5.41) is 28.7. The van der Waals surface area contributed by atoms with Crippen molar-refractivity contribution < 1.29 is 30.2 Å². The van der Waals surface area contributed by atoms with Gasteiger partial charge in [0.2, 0.25) is 5.95 Å². The zero-order valence-corrected chi connectivity index (χ0v) is 15.7. The Labute approximate surface area is 163 Å². The van der Waals surface area contributed by atoms with E-state index in [1.807, 2.05) is 0 Å². The topological polar surface area (TPSA) is 190 Å². The molecule has 1 aliphatic rings. The van der Waals surface area contributed by atoms with Crippen molar-refractivity contribution in [2.24, 2.45) is 7.05 Å². The molecule has 2 aromatic heterocycles. The van der Waals surface area contributed by atoms with Crippen LogP contribution in [0, 0.1) is 0 Å². The van der Waals surface area contributed by atoms with Gasteiger partial charge in [-0.25, -0.2) is 9.59 Å². The van der Waals surface area contributed by atoms with Gasteiger partial charge < -0.3 is 34.9 Å². The van der Waals surface area contributed by atoms with Crippen LogP contribution < -0.4 is 26.6 Å². The van der Waals surface area contributed by atoms with E-state index < -0.39 is 23.2 Å². The van der Waals surface area contributed by atoms with Gasteiger partial charge in [-0.05, 0) is 6.08 Å². The molecule has 0 aliphatic carbocycles. The molecule has 158 valence electrons. The molecule has 13 heteroatoms. The Morgan fingerprint density at radius 3 is 2.45 bits per heavy atom. The fourth-order valence-electron chi connectivity index (χ4n) is 2.87. The van der Waals surface area contributed by atoms with Crippen molar-refractivity contribution in [2.75, 3.05) is 37.7 Å². The molecule has 0 radical (unpaired) electrons. The second-order valence-electron chi connectivity index (χ2n) is 6.12. The van der Waals surface area contributed by atoms with Gasteiger partial charge in [0.1, 0.15) is 0 Å². The molecule has 1 aliphatic heterocycles. The summed E-state index contributed by atoms with van der Waals surface area (Å²) in [6.07, 6.45) is 0.942. The van der Waals surface area contributed by atoms with E-state index in [9.17, 15) is 29.4 Å². The molecule has 1 saturated heterocycles. The van der Waals surface area contributed by atoms with E-state index in [2.05, 4.69) is 20.2 Å². The number of nitrogens with one attached hydrogen (secondary N) is 1. The number of aromatic amines is 1. The number of fused-ring (bicyclic) bond motifs is 1. The highest BCUT2D eigenvalue weighted by atomic mass is 16.4. The third-order valence-electron chi connectivity index (χ3n) is 4.16. The standard InChI is InChI=1S/C12H18N6O3.C4H4O4/c1-16-9-8(10(20)15-12(16)21)18(6-7-19)11(14-9)17-4-2-13-3-5-17;5-3(6)1-2-4(7)8/h13,19H,2-7H2,1H3,(H,15,20,21);1-2H,(H,5,6)(H,7,8)/b;2-1+. The van der Waals surface area contributed by atoms with Crippen LogP contribution in [0.3, 0.4) is 0 Å². The number of carbonyl (C=O) groups is 2. The maximum atomic E-state index is 12.1. The van der Waals surface area contributed by atoms with Gasteiger partial charge >= 0.3 is 11.7 Å². The number of aliphatic hydroxyl groups is 1. The zero-order chi connectivity index (χ0) is 21.6. The molecule has 29 heavy (non-hydrogen) atoms. The fourth-order valence-corrected chi connectivity index (χ4v) is 2.87. The highest BCUT2D eigenvalue weighted by molar-refractivity contribution is 5.88. The number of aliphatic hydroxyl groups excluding tert-OH is 1. The number of nitrogens with two attached hydrogens (primary N) is 1. The summed E-state index contributed by atoms with van der Waals surface area (Å²) in [4.78, 5) is 51.6. The Morgan fingerprint density at radius 2 is 1.93 bits per heavy atom. The number of rotatable bonds is 5. The minimum absolute atomic E-state index is 0.0965. The molecule has 0 unspecified atom stereocenters. The number of H-pyrrole nitrogens is 1. The van der Waals surface area contributed by atoms with Gasteiger partial charge in [-0.15, -0.1) is 0 Å². The van der Waals surface area contributed by atoms with E-state index >= 15 is 0 Å². The predicted molar refractivity (Wildman–Crippen MR) is 98.3 cm³/mol. The van der Waals surface area contributed by atoms with Gasteiger partial charge in [-0.3, -0.25) is 14.3 Å². The monoisotopic (exact) mass is 410 g/mol. The highest BCUT2D eigenvalue weighted by Crippen LogP contribution is 2.19. The molecule has 3 heterocycles. The number of carboxylic acid groups (broad SMARTS) is 2. The molecule has 0 aromatic carbocycles. The first-order valence-corrected chi connectivity index (χ1v) is 8.75.